The Hall–Kier alpha value is -1.85. The van der Waals surface area contributed by atoms with E-state index in [4.69, 9.17) is 9.84 Å². The molecule has 2 rings (SSSR count). The van der Waals surface area contributed by atoms with Crippen molar-refractivity contribution in [1.82, 2.24) is 14.7 Å². The standard InChI is InChI=1S/C15H21N3O2/c1-13-12-15(20-11-9-17(2)8-10-19)18(16-13)14-6-4-3-5-7-14/h3-7,12,19H,8-11H2,1-2H3. The molecule has 0 fully saturated rings. The molecule has 1 heterocycles. The van der Waals surface area contributed by atoms with Crippen molar-refractivity contribution in [2.45, 2.75) is 6.92 Å². The second-order valence-electron chi connectivity index (χ2n) is 4.75. The molecule has 108 valence electrons. The van der Waals surface area contributed by atoms with Gasteiger partial charge in [0.1, 0.15) is 6.61 Å². The molecular formula is C15H21N3O2. The van der Waals surface area contributed by atoms with Crippen LogP contribution in [-0.2, 0) is 0 Å². The summed E-state index contributed by atoms with van der Waals surface area (Å²) >= 11 is 0. The topological polar surface area (TPSA) is 50.5 Å². The summed E-state index contributed by atoms with van der Waals surface area (Å²) in [5.41, 5.74) is 1.91. The van der Waals surface area contributed by atoms with Gasteiger partial charge in [0.2, 0.25) is 5.88 Å². The third-order valence-electron chi connectivity index (χ3n) is 3.00. The average molecular weight is 275 g/mol. The lowest BCUT2D eigenvalue weighted by molar-refractivity contribution is 0.188. The minimum Gasteiger partial charge on any atom is -0.476 e. The molecule has 5 nitrogen and oxygen atoms in total. The number of aliphatic hydroxyl groups excluding tert-OH is 1. The summed E-state index contributed by atoms with van der Waals surface area (Å²) in [6.45, 7) is 4.09. The van der Waals surface area contributed by atoms with Gasteiger partial charge in [-0.15, -0.1) is 0 Å². The molecule has 0 atom stereocenters. The zero-order valence-corrected chi connectivity index (χ0v) is 12.0. The number of hydrogen-bond acceptors (Lipinski definition) is 4. The smallest absolute Gasteiger partial charge is 0.216 e. The molecule has 20 heavy (non-hydrogen) atoms. The number of hydrogen-bond donors (Lipinski definition) is 1. The Morgan fingerprint density at radius 1 is 1.25 bits per heavy atom. The van der Waals surface area contributed by atoms with Crippen LogP contribution >= 0.6 is 0 Å². The highest BCUT2D eigenvalue weighted by atomic mass is 16.5. The van der Waals surface area contributed by atoms with Gasteiger partial charge in [0.05, 0.1) is 18.0 Å². The third-order valence-corrected chi connectivity index (χ3v) is 3.00. The van der Waals surface area contributed by atoms with Crippen LogP contribution in [0.3, 0.4) is 0 Å². The predicted octanol–water partition coefficient (Wildman–Crippen LogP) is 1.48. The van der Waals surface area contributed by atoms with Gasteiger partial charge in [-0.1, -0.05) is 18.2 Å². The first-order valence-electron chi connectivity index (χ1n) is 6.75. The minimum absolute atomic E-state index is 0.164. The molecule has 0 saturated carbocycles. The molecule has 0 aliphatic carbocycles. The number of aromatic nitrogens is 2. The van der Waals surface area contributed by atoms with Crippen molar-refractivity contribution >= 4 is 0 Å². The molecule has 0 amide bonds. The van der Waals surface area contributed by atoms with Crippen LogP contribution in [0.25, 0.3) is 5.69 Å². The lowest BCUT2D eigenvalue weighted by Gasteiger charge is -2.15. The van der Waals surface area contributed by atoms with Crippen molar-refractivity contribution in [1.29, 1.82) is 0 Å². The number of aryl methyl sites for hydroxylation is 1. The maximum absolute atomic E-state index is 8.85. The fourth-order valence-corrected chi connectivity index (χ4v) is 1.92. The molecule has 0 aliphatic rings. The summed E-state index contributed by atoms with van der Waals surface area (Å²) in [6, 6.07) is 11.9. The fraction of sp³-hybridized carbons (Fsp3) is 0.400. The molecule has 1 aromatic heterocycles. The van der Waals surface area contributed by atoms with Crippen LogP contribution in [0.15, 0.2) is 36.4 Å². The lowest BCUT2D eigenvalue weighted by Crippen LogP contribution is -2.27. The Bertz CT molecular complexity index is 525. The summed E-state index contributed by atoms with van der Waals surface area (Å²) < 4.78 is 7.61. The largest absolute Gasteiger partial charge is 0.476 e. The van der Waals surface area contributed by atoms with Gasteiger partial charge in [0, 0.05) is 19.2 Å². The number of likely N-dealkylation sites (N-methyl/N-ethyl adjacent to an activating group) is 1. The number of benzene rings is 1. The molecule has 0 bridgehead atoms. The van der Waals surface area contributed by atoms with E-state index in [9.17, 15) is 0 Å². The first-order valence-corrected chi connectivity index (χ1v) is 6.75. The number of ether oxygens (including phenoxy) is 1. The zero-order valence-electron chi connectivity index (χ0n) is 12.0. The molecule has 0 unspecified atom stereocenters. The third kappa shape index (κ3) is 3.82. The maximum Gasteiger partial charge on any atom is 0.216 e. The first-order chi connectivity index (χ1) is 9.70. The van der Waals surface area contributed by atoms with Gasteiger partial charge in [0.15, 0.2) is 0 Å². The van der Waals surface area contributed by atoms with Gasteiger partial charge < -0.3 is 14.7 Å². The highest BCUT2D eigenvalue weighted by molar-refractivity contribution is 5.35. The number of aliphatic hydroxyl groups is 1. The van der Waals surface area contributed by atoms with E-state index in [2.05, 4.69) is 5.10 Å². The number of nitrogens with zero attached hydrogens (tertiary/aromatic N) is 3. The lowest BCUT2D eigenvalue weighted by atomic mass is 10.3. The number of para-hydroxylation sites is 1. The van der Waals surface area contributed by atoms with E-state index >= 15 is 0 Å². The molecule has 0 saturated heterocycles. The summed E-state index contributed by atoms with van der Waals surface area (Å²) in [5.74, 6) is 0.742. The van der Waals surface area contributed by atoms with E-state index in [-0.39, 0.29) is 6.61 Å². The second kappa shape index (κ2) is 7.07. The highest BCUT2D eigenvalue weighted by Crippen LogP contribution is 2.18. The monoisotopic (exact) mass is 275 g/mol. The number of rotatable bonds is 7. The molecule has 5 heteroatoms. The maximum atomic E-state index is 8.85. The molecule has 0 radical (unpaired) electrons. The molecule has 1 aromatic carbocycles. The van der Waals surface area contributed by atoms with E-state index in [0.29, 0.717) is 13.2 Å². The van der Waals surface area contributed by atoms with Crippen LogP contribution in [0.1, 0.15) is 5.69 Å². The van der Waals surface area contributed by atoms with E-state index in [0.717, 1.165) is 23.8 Å². The fourth-order valence-electron chi connectivity index (χ4n) is 1.92. The van der Waals surface area contributed by atoms with Crippen molar-refractivity contribution in [3.63, 3.8) is 0 Å². The summed E-state index contributed by atoms with van der Waals surface area (Å²) in [4.78, 5) is 2.02. The van der Waals surface area contributed by atoms with Gasteiger partial charge in [-0.2, -0.15) is 5.10 Å². The quantitative estimate of drug-likeness (QED) is 0.831. The van der Waals surface area contributed by atoms with Crippen molar-refractivity contribution < 1.29 is 9.84 Å². The average Bonchev–Trinajstić information content (AvgIpc) is 2.81. The second-order valence-corrected chi connectivity index (χ2v) is 4.75. The summed E-state index contributed by atoms with van der Waals surface area (Å²) in [5, 5.41) is 13.3. The van der Waals surface area contributed by atoms with Crippen molar-refractivity contribution in [2.24, 2.45) is 0 Å². The van der Waals surface area contributed by atoms with Crippen LogP contribution in [-0.4, -0.2) is 53.1 Å². The highest BCUT2D eigenvalue weighted by Gasteiger charge is 2.08. The van der Waals surface area contributed by atoms with E-state index < -0.39 is 0 Å². The van der Waals surface area contributed by atoms with Gasteiger partial charge >= 0.3 is 0 Å². The summed E-state index contributed by atoms with van der Waals surface area (Å²) in [7, 11) is 1.96. The van der Waals surface area contributed by atoms with Crippen LogP contribution in [0, 0.1) is 6.92 Å². The Balaban J connectivity index is 2.02. The van der Waals surface area contributed by atoms with Gasteiger partial charge in [-0.05, 0) is 26.1 Å². The zero-order chi connectivity index (χ0) is 14.4. The molecule has 1 N–H and O–H groups in total. The van der Waals surface area contributed by atoms with Crippen LogP contribution in [0.5, 0.6) is 5.88 Å². The van der Waals surface area contributed by atoms with Crippen molar-refractivity contribution in [3.05, 3.63) is 42.1 Å². The van der Waals surface area contributed by atoms with Crippen LogP contribution in [0.4, 0.5) is 0 Å². The Kier molecular flexibility index (Phi) is 5.15. The predicted molar refractivity (Wildman–Crippen MR) is 78.4 cm³/mol. The Morgan fingerprint density at radius 3 is 2.70 bits per heavy atom. The van der Waals surface area contributed by atoms with Crippen LogP contribution < -0.4 is 4.74 Å². The normalized spacial score (nSPS) is 11.0. The SMILES string of the molecule is Cc1cc(OCCN(C)CCO)n(-c2ccccc2)n1. The van der Waals surface area contributed by atoms with Crippen LogP contribution in [0.2, 0.25) is 0 Å². The van der Waals surface area contributed by atoms with Crippen molar-refractivity contribution in [2.75, 3.05) is 33.4 Å². The van der Waals surface area contributed by atoms with Crippen molar-refractivity contribution in [3.8, 4) is 11.6 Å². The van der Waals surface area contributed by atoms with E-state index in [1.54, 1.807) is 4.68 Å². The van der Waals surface area contributed by atoms with Gasteiger partial charge in [0.25, 0.3) is 0 Å². The Labute approximate surface area is 119 Å². The molecule has 2 aromatic rings. The van der Waals surface area contributed by atoms with E-state index in [1.807, 2.05) is 55.3 Å². The first kappa shape index (κ1) is 14.6. The summed E-state index contributed by atoms with van der Waals surface area (Å²) in [6.07, 6.45) is 0. The molecular weight excluding hydrogens is 254 g/mol. The molecule has 0 spiro atoms. The van der Waals surface area contributed by atoms with E-state index in [1.165, 1.54) is 0 Å². The molecule has 0 aliphatic heterocycles. The van der Waals surface area contributed by atoms with Gasteiger partial charge in [-0.3, -0.25) is 0 Å². The minimum atomic E-state index is 0.164. The van der Waals surface area contributed by atoms with Gasteiger partial charge in [-0.25, -0.2) is 4.68 Å². The Morgan fingerprint density at radius 2 is 2.00 bits per heavy atom.